The first-order valence-electron chi connectivity index (χ1n) is 10.3. The molecule has 0 fully saturated rings. The molecule has 0 saturated heterocycles. The van der Waals surface area contributed by atoms with Crippen LogP contribution < -0.4 is 0 Å². The van der Waals surface area contributed by atoms with E-state index < -0.39 is 0 Å². The first-order valence-corrected chi connectivity index (χ1v) is 11.2. The lowest BCUT2D eigenvalue weighted by molar-refractivity contribution is -0.123. The number of carbonyl (C=O) groups excluding carboxylic acids is 1. The lowest BCUT2D eigenvalue weighted by Crippen LogP contribution is -2.22. The fourth-order valence-electron chi connectivity index (χ4n) is 2.94. The maximum Gasteiger partial charge on any atom is 0.196 e. The number of benzene rings is 2. The number of ketones is 1. The van der Waals surface area contributed by atoms with E-state index in [1.54, 1.807) is 0 Å². The van der Waals surface area contributed by atoms with Crippen molar-refractivity contribution < 1.29 is 4.79 Å². The van der Waals surface area contributed by atoms with Crippen LogP contribution in [0.25, 0.3) is 17.1 Å². The van der Waals surface area contributed by atoms with Crippen molar-refractivity contribution in [2.75, 3.05) is 5.75 Å². The molecule has 0 aliphatic rings. The van der Waals surface area contributed by atoms with Gasteiger partial charge in [0.15, 0.2) is 11.0 Å². The van der Waals surface area contributed by atoms with Crippen LogP contribution in [0.4, 0.5) is 0 Å². The van der Waals surface area contributed by atoms with Crippen molar-refractivity contribution in [3.05, 3.63) is 59.7 Å². The van der Waals surface area contributed by atoms with E-state index in [0.717, 1.165) is 22.2 Å². The first kappa shape index (κ1) is 22.3. The largest absolute Gasteiger partial charge is 0.298 e. The molecule has 30 heavy (non-hydrogen) atoms. The molecule has 0 N–H and O–H groups in total. The van der Waals surface area contributed by atoms with Gasteiger partial charge in [-0.25, -0.2) is 0 Å². The van der Waals surface area contributed by atoms with E-state index in [2.05, 4.69) is 86.4 Å². The Kier molecular flexibility index (Phi) is 6.23. The average molecular weight is 422 g/mol. The molecule has 0 unspecified atom stereocenters. The summed E-state index contributed by atoms with van der Waals surface area (Å²) in [6, 6.07) is 16.8. The molecule has 0 spiro atoms. The maximum atomic E-state index is 12.5. The molecule has 0 atom stereocenters. The van der Waals surface area contributed by atoms with E-state index in [9.17, 15) is 4.79 Å². The normalized spacial score (nSPS) is 12.2. The summed E-state index contributed by atoms with van der Waals surface area (Å²) in [6.45, 7) is 14.5. The first-order chi connectivity index (χ1) is 14.0. The van der Waals surface area contributed by atoms with Crippen molar-refractivity contribution in [2.45, 2.75) is 59.0 Å². The molecule has 0 saturated carbocycles. The van der Waals surface area contributed by atoms with E-state index >= 15 is 0 Å². The van der Waals surface area contributed by atoms with Crippen molar-refractivity contribution in [3.63, 3.8) is 0 Å². The predicted molar refractivity (Wildman–Crippen MR) is 125 cm³/mol. The summed E-state index contributed by atoms with van der Waals surface area (Å²) in [7, 11) is 0. The van der Waals surface area contributed by atoms with Crippen molar-refractivity contribution in [1.82, 2.24) is 14.8 Å². The minimum Gasteiger partial charge on any atom is -0.298 e. The number of aromatic nitrogens is 3. The van der Waals surface area contributed by atoms with Gasteiger partial charge in [0, 0.05) is 16.7 Å². The smallest absolute Gasteiger partial charge is 0.196 e. The van der Waals surface area contributed by atoms with E-state index in [4.69, 9.17) is 0 Å². The van der Waals surface area contributed by atoms with E-state index in [-0.39, 0.29) is 16.6 Å². The van der Waals surface area contributed by atoms with Crippen molar-refractivity contribution >= 4 is 17.5 Å². The molecule has 0 aliphatic heterocycles. The molecule has 0 amide bonds. The number of nitrogens with zero attached hydrogens (tertiary/aromatic N) is 3. The lowest BCUT2D eigenvalue weighted by atomic mass is 9.87. The van der Waals surface area contributed by atoms with Crippen LogP contribution in [-0.2, 0) is 10.2 Å². The highest BCUT2D eigenvalue weighted by Crippen LogP contribution is 2.31. The lowest BCUT2D eigenvalue weighted by Gasteiger charge is -2.19. The number of rotatable bonds is 5. The zero-order valence-corrected chi connectivity index (χ0v) is 19.8. The summed E-state index contributed by atoms with van der Waals surface area (Å²) in [5.41, 5.74) is 4.19. The molecule has 3 rings (SSSR count). The van der Waals surface area contributed by atoms with Crippen LogP contribution in [0.2, 0.25) is 0 Å². The third-order valence-corrected chi connectivity index (χ3v) is 6.03. The highest BCUT2D eigenvalue weighted by atomic mass is 32.2. The number of hydrogen-bond acceptors (Lipinski definition) is 4. The van der Waals surface area contributed by atoms with Crippen LogP contribution in [0.1, 0.15) is 52.7 Å². The van der Waals surface area contributed by atoms with Gasteiger partial charge in [-0.05, 0) is 30.0 Å². The quantitative estimate of drug-likeness (QED) is 0.457. The second-order valence-electron chi connectivity index (χ2n) is 9.77. The van der Waals surface area contributed by atoms with Gasteiger partial charge in [-0.2, -0.15) is 0 Å². The summed E-state index contributed by atoms with van der Waals surface area (Å²) in [6.07, 6.45) is 0. The van der Waals surface area contributed by atoms with Crippen LogP contribution in [0, 0.1) is 12.3 Å². The van der Waals surface area contributed by atoms with Gasteiger partial charge in [0.25, 0.3) is 0 Å². The van der Waals surface area contributed by atoms with Crippen LogP contribution in [0.15, 0.2) is 53.7 Å². The molecule has 4 nitrogen and oxygen atoms in total. The molecule has 3 aromatic rings. The zero-order chi connectivity index (χ0) is 22.1. The van der Waals surface area contributed by atoms with Gasteiger partial charge >= 0.3 is 0 Å². The van der Waals surface area contributed by atoms with Crippen LogP contribution in [0.5, 0.6) is 0 Å². The highest BCUT2D eigenvalue weighted by molar-refractivity contribution is 7.99. The Morgan fingerprint density at radius 1 is 0.900 bits per heavy atom. The Morgan fingerprint density at radius 3 is 2.03 bits per heavy atom. The van der Waals surface area contributed by atoms with Gasteiger partial charge in [-0.3, -0.25) is 9.36 Å². The standard InChI is InChI=1S/C25H31N3OS/c1-17-8-14-20(15-9-17)28-22(18-10-12-19(13-11-18)24(2,3)4)26-27-23(28)30-16-21(29)25(5,6)7/h8-15H,16H2,1-7H3. The molecular formula is C25H31N3OS. The van der Waals surface area contributed by atoms with Gasteiger partial charge in [0.05, 0.1) is 5.75 Å². The summed E-state index contributed by atoms with van der Waals surface area (Å²) in [5.74, 6) is 1.35. The minimum absolute atomic E-state index is 0.0947. The summed E-state index contributed by atoms with van der Waals surface area (Å²) < 4.78 is 2.05. The zero-order valence-electron chi connectivity index (χ0n) is 19.0. The Labute approximate surface area is 184 Å². The van der Waals surface area contributed by atoms with Crippen LogP contribution in [-0.4, -0.2) is 26.3 Å². The minimum atomic E-state index is -0.368. The molecule has 0 aliphatic carbocycles. The van der Waals surface area contributed by atoms with E-state index in [1.165, 1.54) is 22.9 Å². The van der Waals surface area contributed by atoms with Gasteiger partial charge in [-0.15, -0.1) is 10.2 Å². The topological polar surface area (TPSA) is 47.8 Å². The molecule has 0 bridgehead atoms. The third-order valence-electron chi connectivity index (χ3n) is 5.10. The molecule has 5 heteroatoms. The van der Waals surface area contributed by atoms with Crippen LogP contribution >= 0.6 is 11.8 Å². The Bertz CT molecular complexity index is 1020. The van der Waals surface area contributed by atoms with Gasteiger partial charge < -0.3 is 0 Å². The molecule has 1 heterocycles. The Morgan fingerprint density at radius 2 is 1.50 bits per heavy atom. The molecule has 1 aromatic heterocycles. The fourth-order valence-corrected chi connectivity index (χ4v) is 4.06. The number of Topliss-reactive ketones (excluding diaryl/α,β-unsaturated/α-hetero) is 1. The number of carbonyl (C=O) groups is 1. The number of thioether (sulfide) groups is 1. The third kappa shape index (κ3) is 5.01. The monoisotopic (exact) mass is 421 g/mol. The maximum absolute atomic E-state index is 12.5. The summed E-state index contributed by atoms with van der Waals surface area (Å²) in [5, 5.41) is 9.67. The number of aryl methyl sites for hydroxylation is 1. The van der Waals surface area contributed by atoms with Gasteiger partial charge in [0.2, 0.25) is 0 Å². The SMILES string of the molecule is Cc1ccc(-n2c(SCC(=O)C(C)(C)C)nnc2-c2ccc(C(C)(C)C)cc2)cc1. The Hall–Kier alpha value is -2.40. The molecule has 158 valence electrons. The molecule has 0 radical (unpaired) electrons. The fraction of sp³-hybridized carbons (Fsp3) is 0.400. The van der Waals surface area contributed by atoms with Crippen LogP contribution in [0.3, 0.4) is 0 Å². The Balaban J connectivity index is 2.02. The van der Waals surface area contributed by atoms with Gasteiger partial charge in [0.1, 0.15) is 5.78 Å². The van der Waals surface area contributed by atoms with E-state index in [0.29, 0.717) is 5.75 Å². The highest BCUT2D eigenvalue weighted by Gasteiger charge is 2.23. The van der Waals surface area contributed by atoms with Crippen molar-refractivity contribution in [1.29, 1.82) is 0 Å². The van der Waals surface area contributed by atoms with Crippen molar-refractivity contribution in [3.8, 4) is 17.1 Å². The van der Waals surface area contributed by atoms with Crippen molar-refractivity contribution in [2.24, 2.45) is 5.41 Å². The number of hydrogen-bond donors (Lipinski definition) is 0. The predicted octanol–water partition coefficient (Wildman–Crippen LogP) is 6.25. The summed E-state index contributed by atoms with van der Waals surface area (Å²) in [4.78, 5) is 12.5. The molecular weight excluding hydrogens is 390 g/mol. The van der Waals surface area contributed by atoms with Gasteiger partial charge in [-0.1, -0.05) is 95.3 Å². The second-order valence-corrected chi connectivity index (χ2v) is 10.7. The average Bonchev–Trinajstić information content (AvgIpc) is 3.09. The molecule has 2 aromatic carbocycles. The summed E-state index contributed by atoms with van der Waals surface area (Å²) >= 11 is 1.44. The second kappa shape index (κ2) is 8.38. The van der Waals surface area contributed by atoms with E-state index in [1.807, 2.05) is 25.3 Å².